The Kier molecular flexibility index (Phi) is 5.63. The molecule has 1 heterocycles. The molecule has 0 aliphatic rings. The molecule has 4 rings (SSSR count). The van der Waals surface area contributed by atoms with Crippen molar-refractivity contribution in [2.24, 2.45) is 5.73 Å². The van der Waals surface area contributed by atoms with E-state index >= 15 is 0 Å². The van der Waals surface area contributed by atoms with Gasteiger partial charge in [0, 0.05) is 17.7 Å². The molecule has 6 N–H and O–H groups in total. The number of nitrogens with zero attached hydrogens (tertiary/aromatic N) is 2. The van der Waals surface area contributed by atoms with E-state index in [1.807, 2.05) is 0 Å². The van der Waals surface area contributed by atoms with Gasteiger partial charge in [-0.15, -0.1) is 0 Å². The van der Waals surface area contributed by atoms with Crippen LogP contribution in [0.15, 0.2) is 66.9 Å². The van der Waals surface area contributed by atoms with Crippen molar-refractivity contribution in [1.29, 1.82) is 0 Å². The smallest absolute Gasteiger partial charge is 0.255 e. The Balaban J connectivity index is 1.41. The first-order chi connectivity index (χ1) is 15.4. The number of carbonyl (C=O) groups excluding carboxylic acids is 2. The molecule has 0 fully saturated rings. The molecule has 9 heteroatoms. The van der Waals surface area contributed by atoms with E-state index in [1.165, 1.54) is 12.1 Å². The van der Waals surface area contributed by atoms with Crippen LogP contribution in [0.4, 0.5) is 21.6 Å². The molecule has 0 aliphatic carbocycles. The Morgan fingerprint density at radius 3 is 2.41 bits per heavy atom. The Bertz CT molecular complexity index is 1320. The van der Waals surface area contributed by atoms with Gasteiger partial charge in [0.15, 0.2) is 0 Å². The quantitative estimate of drug-likeness (QED) is 0.347. The number of carbonyl (C=O) groups is 2. The predicted molar refractivity (Wildman–Crippen MR) is 121 cm³/mol. The molecule has 1 aromatic heterocycles. The number of amides is 2. The molecule has 2 amide bonds. The number of anilines is 3. The first-order valence-electron chi connectivity index (χ1n) is 9.65. The van der Waals surface area contributed by atoms with Gasteiger partial charge >= 0.3 is 0 Å². The summed E-state index contributed by atoms with van der Waals surface area (Å²) in [6, 6.07) is 15.6. The summed E-state index contributed by atoms with van der Waals surface area (Å²) in [5.41, 5.74) is 14.4. The van der Waals surface area contributed by atoms with Gasteiger partial charge < -0.3 is 22.1 Å². The van der Waals surface area contributed by atoms with E-state index in [-0.39, 0.29) is 11.6 Å². The number of nitrogens with two attached hydrogens (primary N) is 2. The summed E-state index contributed by atoms with van der Waals surface area (Å²) in [7, 11) is 0. The third-order valence-corrected chi connectivity index (χ3v) is 4.78. The Morgan fingerprint density at radius 1 is 0.938 bits per heavy atom. The second kappa shape index (κ2) is 8.68. The van der Waals surface area contributed by atoms with Crippen LogP contribution in [0.2, 0.25) is 0 Å². The number of nitrogen functional groups attached to an aromatic ring is 1. The van der Waals surface area contributed by atoms with Crippen LogP contribution in [-0.4, -0.2) is 21.8 Å². The lowest BCUT2D eigenvalue weighted by molar-refractivity contribution is 0.0997. The second-order valence-electron chi connectivity index (χ2n) is 7.06. The second-order valence-corrected chi connectivity index (χ2v) is 7.06. The minimum atomic E-state index is -0.529. The van der Waals surface area contributed by atoms with Crippen molar-refractivity contribution in [3.05, 3.63) is 89.4 Å². The summed E-state index contributed by atoms with van der Waals surface area (Å²) in [5, 5.41) is 5.82. The van der Waals surface area contributed by atoms with Crippen LogP contribution in [0.5, 0.6) is 0 Å². The zero-order valence-electron chi connectivity index (χ0n) is 16.8. The average molecular weight is 430 g/mol. The number of hydrogen-bond acceptors (Lipinski definition) is 6. The zero-order valence-corrected chi connectivity index (χ0v) is 16.8. The highest BCUT2D eigenvalue weighted by Crippen LogP contribution is 2.20. The maximum Gasteiger partial charge on any atom is 0.255 e. The summed E-state index contributed by atoms with van der Waals surface area (Å²) in [6.07, 6.45) is 1.60. The van der Waals surface area contributed by atoms with Gasteiger partial charge in [-0.1, -0.05) is 12.1 Å². The maximum atomic E-state index is 13.1. The van der Waals surface area contributed by atoms with Gasteiger partial charge in [-0.3, -0.25) is 14.6 Å². The largest absolute Gasteiger partial charge is 0.397 e. The summed E-state index contributed by atoms with van der Waals surface area (Å²) < 4.78 is 13.1. The molecule has 0 saturated carbocycles. The molecular formula is C23H19FN6O2. The standard InChI is InChI=1S/C23H19FN6O2/c24-16-6-8-18(17(25)10-16)30-23(32)14-3-1-13(2-4-14)11-28-21-12-27-19-7-5-15(22(26)31)9-20(19)29-21/h1-10,12H,11,25H2,(H2,26,31)(H,28,29)(H,30,32). The minimum absolute atomic E-state index is 0.151. The van der Waals surface area contributed by atoms with Gasteiger partial charge in [0.05, 0.1) is 28.6 Å². The average Bonchev–Trinajstić information content (AvgIpc) is 2.79. The van der Waals surface area contributed by atoms with Crippen LogP contribution in [0, 0.1) is 5.82 Å². The molecule has 160 valence electrons. The molecule has 4 aromatic rings. The lowest BCUT2D eigenvalue weighted by Gasteiger charge is -2.10. The van der Waals surface area contributed by atoms with Gasteiger partial charge in [-0.05, 0) is 54.1 Å². The number of hydrogen-bond donors (Lipinski definition) is 4. The van der Waals surface area contributed by atoms with Crippen molar-refractivity contribution in [3.63, 3.8) is 0 Å². The molecule has 0 bridgehead atoms. The van der Waals surface area contributed by atoms with Crippen molar-refractivity contribution in [2.45, 2.75) is 6.54 Å². The third-order valence-electron chi connectivity index (χ3n) is 4.78. The third kappa shape index (κ3) is 4.62. The number of benzene rings is 3. The molecule has 0 spiro atoms. The van der Waals surface area contributed by atoms with Gasteiger partial charge in [-0.25, -0.2) is 9.37 Å². The van der Waals surface area contributed by atoms with Gasteiger partial charge in [0.1, 0.15) is 11.6 Å². The highest BCUT2D eigenvalue weighted by molar-refractivity contribution is 6.05. The molecule has 0 unspecified atom stereocenters. The van der Waals surface area contributed by atoms with Crippen molar-refractivity contribution < 1.29 is 14.0 Å². The molecule has 0 radical (unpaired) electrons. The van der Waals surface area contributed by atoms with E-state index in [1.54, 1.807) is 48.7 Å². The maximum absolute atomic E-state index is 13.1. The van der Waals surface area contributed by atoms with E-state index in [4.69, 9.17) is 11.5 Å². The van der Waals surface area contributed by atoms with Crippen LogP contribution in [0.25, 0.3) is 11.0 Å². The van der Waals surface area contributed by atoms with Crippen LogP contribution >= 0.6 is 0 Å². The molecular weight excluding hydrogens is 411 g/mol. The van der Waals surface area contributed by atoms with Crippen LogP contribution in [0.1, 0.15) is 26.3 Å². The van der Waals surface area contributed by atoms with Crippen LogP contribution in [0.3, 0.4) is 0 Å². The Labute approximate surface area is 182 Å². The normalized spacial score (nSPS) is 10.7. The van der Waals surface area contributed by atoms with Crippen molar-refractivity contribution >= 4 is 40.0 Å². The molecule has 3 aromatic carbocycles. The van der Waals surface area contributed by atoms with E-state index in [0.29, 0.717) is 40.2 Å². The van der Waals surface area contributed by atoms with E-state index in [2.05, 4.69) is 20.6 Å². The van der Waals surface area contributed by atoms with Crippen molar-refractivity contribution in [1.82, 2.24) is 9.97 Å². The summed E-state index contributed by atoms with van der Waals surface area (Å²) in [4.78, 5) is 32.5. The monoisotopic (exact) mass is 430 g/mol. The Morgan fingerprint density at radius 2 is 1.69 bits per heavy atom. The summed E-state index contributed by atoms with van der Waals surface area (Å²) in [6.45, 7) is 0.447. The van der Waals surface area contributed by atoms with Gasteiger partial charge in [-0.2, -0.15) is 0 Å². The summed E-state index contributed by atoms with van der Waals surface area (Å²) >= 11 is 0. The number of rotatable bonds is 6. The SMILES string of the molecule is NC(=O)c1ccc2ncc(NCc3ccc(C(=O)Nc4ccc(F)cc4N)cc3)nc2c1. The van der Waals surface area contributed by atoms with Gasteiger partial charge in [0.2, 0.25) is 5.91 Å². The number of nitrogens with one attached hydrogen (secondary N) is 2. The molecule has 0 aliphatic heterocycles. The number of primary amides is 1. The predicted octanol–water partition coefficient (Wildman–Crippen LogP) is 3.31. The molecule has 8 nitrogen and oxygen atoms in total. The highest BCUT2D eigenvalue weighted by atomic mass is 19.1. The first kappa shape index (κ1) is 20.7. The van der Waals surface area contributed by atoms with Crippen LogP contribution < -0.4 is 22.1 Å². The van der Waals surface area contributed by atoms with E-state index in [9.17, 15) is 14.0 Å². The van der Waals surface area contributed by atoms with Crippen LogP contribution in [-0.2, 0) is 6.54 Å². The number of aromatic nitrogens is 2. The molecule has 0 atom stereocenters. The number of halogens is 1. The van der Waals surface area contributed by atoms with E-state index in [0.717, 1.165) is 11.6 Å². The fourth-order valence-corrected chi connectivity index (χ4v) is 3.06. The lowest BCUT2D eigenvalue weighted by Crippen LogP contribution is -2.13. The minimum Gasteiger partial charge on any atom is -0.397 e. The fourth-order valence-electron chi connectivity index (χ4n) is 3.06. The topological polar surface area (TPSA) is 136 Å². The van der Waals surface area contributed by atoms with E-state index < -0.39 is 11.7 Å². The molecule has 32 heavy (non-hydrogen) atoms. The molecule has 0 saturated heterocycles. The Hall–Kier alpha value is -4.53. The highest BCUT2D eigenvalue weighted by Gasteiger charge is 2.09. The zero-order chi connectivity index (χ0) is 22.7. The lowest BCUT2D eigenvalue weighted by atomic mass is 10.1. The number of fused-ring (bicyclic) bond motifs is 1. The van der Waals surface area contributed by atoms with Gasteiger partial charge in [0.25, 0.3) is 5.91 Å². The van der Waals surface area contributed by atoms with Crippen molar-refractivity contribution in [3.8, 4) is 0 Å². The summed E-state index contributed by atoms with van der Waals surface area (Å²) in [5.74, 6) is -0.818. The fraction of sp³-hybridized carbons (Fsp3) is 0.0435. The first-order valence-corrected chi connectivity index (χ1v) is 9.65. The van der Waals surface area contributed by atoms with Crippen molar-refractivity contribution in [2.75, 3.05) is 16.4 Å².